The number of hydrogen-bond donors (Lipinski definition) is 2. The van der Waals surface area contributed by atoms with Crippen LogP contribution in [0.25, 0.3) is 12.2 Å². The Morgan fingerprint density at radius 2 is 1.97 bits per heavy atom. The van der Waals surface area contributed by atoms with E-state index in [-0.39, 0.29) is 5.82 Å². The third-order valence-corrected chi connectivity index (χ3v) is 5.07. The summed E-state index contributed by atoms with van der Waals surface area (Å²) < 4.78 is 12.2. The standard InChI is InChI=1S/C21H18IN3O6/c1-12-3-5-13(6-4-12)11-31-19-15(22)9-14(10-16(19)30-2)7-8-17-23-20(26)18(25(28)29)21(27)24-17/h3-10H,11H2,1-2H3,(H2,23,24,26,27)/b8-7+. The number of halogens is 1. The van der Waals surface area contributed by atoms with Gasteiger partial charge in [-0.3, -0.25) is 14.9 Å². The van der Waals surface area contributed by atoms with Crippen molar-refractivity contribution in [2.75, 3.05) is 7.11 Å². The number of nitrogens with zero attached hydrogens (tertiary/aromatic N) is 2. The van der Waals surface area contributed by atoms with Gasteiger partial charge < -0.3 is 19.6 Å². The molecule has 9 nitrogen and oxygen atoms in total. The largest absolute Gasteiger partial charge is 0.493 e. The molecule has 160 valence electrons. The van der Waals surface area contributed by atoms with Gasteiger partial charge in [-0.25, -0.2) is 0 Å². The molecule has 10 heteroatoms. The molecule has 0 fully saturated rings. The molecule has 0 radical (unpaired) electrons. The third kappa shape index (κ3) is 5.40. The first-order valence-corrected chi connectivity index (χ1v) is 10.1. The monoisotopic (exact) mass is 535 g/mol. The molecular weight excluding hydrogens is 517 g/mol. The smallest absolute Gasteiger partial charge is 0.395 e. The molecule has 0 amide bonds. The van der Waals surface area contributed by atoms with Crippen molar-refractivity contribution in [3.8, 4) is 17.4 Å². The molecule has 2 aromatic carbocycles. The lowest BCUT2D eigenvalue weighted by molar-refractivity contribution is -0.387. The van der Waals surface area contributed by atoms with Crippen LogP contribution in [0.3, 0.4) is 0 Å². The fraction of sp³-hybridized carbons (Fsp3) is 0.143. The van der Waals surface area contributed by atoms with E-state index in [2.05, 4.69) is 32.6 Å². The highest BCUT2D eigenvalue weighted by Crippen LogP contribution is 2.35. The molecule has 31 heavy (non-hydrogen) atoms. The van der Waals surface area contributed by atoms with Gasteiger partial charge in [0.2, 0.25) is 0 Å². The van der Waals surface area contributed by atoms with Gasteiger partial charge in [0.25, 0.3) is 5.88 Å². The summed E-state index contributed by atoms with van der Waals surface area (Å²) in [6.45, 7) is 2.40. The zero-order valence-electron chi connectivity index (χ0n) is 16.6. The Morgan fingerprint density at radius 3 is 2.58 bits per heavy atom. The van der Waals surface area contributed by atoms with Crippen LogP contribution < -0.4 is 15.0 Å². The Kier molecular flexibility index (Phi) is 6.90. The summed E-state index contributed by atoms with van der Waals surface area (Å²) >= 11 is 2.13. The van der Waals surface area contributed by atoms with Crippen LogP contribution >= 0.6 is 22.6 Å². The highest BCUT2D eigenvalue weighted by Gasteiger charge is 2.21. The molecule has 2 N–H and O–H groups in total. The molecule has 0 saturated carbocycles. The number of nitro groups is 1. The van der Waals surface area contributed by atoms with Crippen LogP contribution in [0.1, 0.15) is 22.5 Å². The van der Waals surface area contributed by atoms with Crippen LogP contribution in [0.5, 0.6) is 17.4 Å². The predicted octanol–water partition coefficient (Wildman–Crippen LogP) is 4.05. The van der Waals surface area contributed by atoms with Crippen molar-refractivity contribution in [3.05, 3.63) is 83.0 Å². The highest BCUT2D eigenvalue weighted by molar-refractivity contribution is 14.1. The number of methoxy groups -OCH3 is 1. The minimum Gasteiger partial charge on any atom is -0.493 e. The Hall–Kier alpha value is -3.41. The first-order chi connectivity index (χ1) is 14.8. The first kappa shape index (κ1) is 22.3. The van der Waals surface area contributed by atoms with Gasteiger partial charge >= 0.3 is 11.2 Å². The van der Waals surface area contributed by atoms with Crippen molar-refractivity contribution in [3.63, 3.8) is 0 Å². The van der Waals surface area contributed by atoms with E-state index in [4.69, 9.17) is 9.47 Å². The maximum Gasteiger partial charge on any atom is 0.395 e. The van der Waals surface area contributed by atoms with E-state index in [1.807, 2.05) is 37.3 Å². The molecule has 0 aliphatic rings. The van der Waals surface area contributed by atoms with Crippen molar-refractivity contribution in [1.29, 1.82) is 0 Å². The van der Waals surface area contributed by atoms with E-state index in [9.17, 15) is 20.0 Å². The molecule has 0 spiro atoms. The summed E-state index contributed by atoms with van der Waals surface area (Å²) in [4.78, 5) is 27.4. The van der Waals surface area contributed by atoms with E-state index >= 15 is 0 Å². The summed E-state index contributed by atoms with van der Waals surface area (Å²) in [5, 5.41) is 20.4. The molecule has 3 rings (SSSR count). The number of nitrogens with one attached hydrogen (secondary N) is 1. The van der Waals surface area contributed by atoms with Crippen molar-refractivity contribution >= 4 is 40.4 Å². The van der Waals surface area contributed by atoms with Crippen LogP contribution in [0.15, 0.2) is 41.2 Å². The van der Waals surface area contributed by atoms with Crippen LogP contribution in [0, 0.1) is 20.6 Å². The molecule has 0 unspecified atom stereocenters. The molecule has 0 aliphatic heterocycles. The van der Waals surface area contributed by atoms with Crippen LogP contribution in [-0.4, -0.2) is 27.1 Å². The lowest BCUT2D eigenvalue weighted by Crippen LogP contribution is -2.14. The van der Waals surface area contributed by atoms with E-state index in [0.29, 0.717) is 23.7 Å². The molecule has 0 aliphatic carbocycles. The molecule has 0 atom stereocenters. The van der Waals surface area contributed by atoms with E-state index in [1.54, 1.807) is 12.1 Å². The van der Waals surface area contributed by atoms with E-state index in [0.717, 1.165) is 9.13 Å². The summed E-state index contributed by atoms with van der Waals surface area (Å²) in [6.07, 6.45) is 3.04. The topological polar surface area (TPSA) is 128 Å². The van der Waals surface area contributed by atoms with Gasteiger partial charge in [0.15, 0.2) is 11.5 Å². The normalized spacial score (nSPS) is 10.9. The second-order valence-corrected chi connectivity index (χ2v) is 7.68. The molecule has 1 heterocycles. The Bertz CT molecular complexity index is 1200. The molecule has 0 bridgehead atoms. The minimum atomic E-state index is -1.04. The van der Waals surface area contributed by atoms with Crippen LogP contribution in [0.2, 0.25) is 0 Å². The quantitative estimate of drug-likeness (QED) is 0.266. The van der Waals surface area contributed by atoms with Gasteiger partial charge in [0.05, 0.1) is 15.6 Å². The summed E-state index contributed by atoms with van der Waals surface area (Å²) in [7, 11) is 1.53. The highest BCUT2D eigenvalue weighted by atomic mass is 127. The number of ether oxygens (including phenoxy) is 2. The fourth-order valence-corrected chi connectivity index (χ4v) is 3.49. The zero-order valence-corrected chi connectivity index (χ0v) is 18.7. The number of aromatic hydroxyl groups is 1. The second kappa shape index (κ2) is 9.60. The molecular formula is C21H18IN3O6. The lowest BCUT2D eigenvalue weighted by Gasteiger charge is -2.14. The Balaban J connectivity index is 1.83. The number of aromatic amines is 1. The summed E-state index contributed by atoms with van der Waals surface area (Å²) in [6, 6.07) is 11.6. The number of H-pyrrole nitrogens is 1. The van der Waals surface area contributed by atoms with Crippen molar-refractivity contribution in [2.24, 2.45) is 0 Å². The molecule has 0 saturated heterocycles. The average molecular weight is 535 g/mol. The number of aromatic nitrogens is 2. The maximum atomic E-state index is 11.8. The van der Waals surface area contributed by atoms with Crippen molar-refractivity contribution in [1.82, 2.24) is 9.97 Å². The van der Waals surface area contributed by atoms with Gasteiger partial charge in [0.1, 0.15) is 12.4 Å². The number of benzene rings is 2. The molecule has 1 aromatic heterocycles. The van der Waals surface area contributed by atoms with Gasteiger partial charge in [-0.05, 0) is 58.9 Å². The van der Waals surface area contributed by atoms with Gasteiger partial charge in [-0.1, -0.05) is 35.9 Å². The number of aryl methyl sites for hydroxylation is 1. The van der Waals surface area contributed by atoms with Gasteiger partial charge in [-0.2, -0.15) is 4.98 Å². The predicted molar refractivity (Wildman–Crippen MR) is 123 cm³/mol. The van der Waals surface area contributed by atoms with Crippen molar-refractivity contribution in [2.45, 2.75) is 13.5 Å². The van der Waals surface area contributed by atoms with Crippen LogP contribution in [-0.2, 0) is 6.61 Å². The van der Waals surface area contributed by atoms with Gasteiger partial charge in [-0.15, -0.1) is 0 Å². The zero-order chi connectivity index (χ0) is 22.5. The SMILES string of the molecule is COc1cc(/C=C/c2nc(O)c([N+](=O)[O-])c(=O)[nH]2)cc(I)c1OCc1ccc(C)cc1. The van der Waals surface area contributed by atoms with E-state index in [1.165, 1.54) is 18.7 Å². The number of hydrogen-bond acceptors (Lipinski definition) is 7. The van der Waals surface area contributed by atoms with Crippen LogP contribution in [0.4, 0.5) is 5.69 Å². The van der Waals surface area contributed by atoms with Crippen molar-refractivity contribution < 1.29 is 19.5 Å². The summed E-state index contributed by atoms with van der Waals surface area (Å²) in [5.74, 6) is 0.147. The Labute approximate surface area is 190 Å². The first-order valence-electron chi connectivity index (χ1n) is 9.00. The minimum absolute atomic E-state index is 0.0261. The fourth-order valence-electron chi connectivity index (χ4n) is 2.71. The molecule has 3 aromatic rings. The van der Waals surface area contributed by atoms with E-state index < -0.39 is 22.0 Å². The maximum absolute atomic E-state index is 11.8. The van der Waals surface area contributed by atoms with Gasteiger partial charge in [0, 0.05) is 0 Å². The average Bonchev–Trinajstić information content (AvgIpc) is 2.71. The number of rotatable bonds is 7. The Morgan fingerprint density at radius 1 is 1.26 bits per heavy atom. The lowest BCUT2D eigenvalue weighted by atomic mass is 10.1. The summed E-state index contributed by atoms with van der Waals surface area (Å²) in [5.41, 5.74) is 0.877. The third-order valence-electron chi connectivity index (χ3n) is 4.27. The second-order valence-electron chi connectivity index (χ2n) is 6.52.